The van der Waals surface area contributed by atoms with Crippen molar-refractivity contribution in [2.45, 2.75) is 12.8 Å². The van der Waals surface area contributed by atoms with E-state index < -0.39 is 0 Å². The van der Waals surface area contributed by atoms with E-state index in [1.165, 1.54) is 92.8 Å². The van der Waals surface area contributed by atoms with E-state index in [0.29, 0.717) is 0 Å². The lowest BCUT2D eigenvalue weighted by Crippen LogP contribution is -1.93. The van der Waals surface area contributed by atoms with Gasteiger partial charge in [-0.1, -0.05) is 140 Å². The van der Waals surface area contributed by atoms with Crippen molar-refractivity contribution in [1.82, 2.24) is 0 Å². The number of allylic oxidation sites excluding steroid dienone is 1. The molecule has 1 aromatic heterocycles. The van der Waals surface area contributed by atoms with Crippen LogP contribution in [0.15, 0.2) is 168 Å². The van der Waals surface area contributed by atoms with E-state index in [9.17, 15) is 0 Å². The standard InChI is InChI=1S/C50H32O/c1-3-13-33-27-36(23-21-31(33)11-1)48-40-17-6-7-18-41(40)49(37-24-22-32-12-2-4-14-34(32)28-37)45-29-35(25-26-42(45)48)44-30-46-39-16-9-10-20-47(39)51-50(46)43-19-8-5-15-38(43)44/h1-8,10-15,17-30H,9,16H2. The fourth-order valence-corrected chi connectivity index (χ4v) is 8.69. The molecule has 11 rings (SSSR count). The highest BCUT2D eigenvalue weighted by Crippen LogP contribution is 2.47. The van der Waals surface area contributed by atoms with E-state index in [-0.39, 0.29) is 0 Å². The summed E-state index contributed by atoms with van der Waals surface area (Å²) in [6.45, 7) is 0. The number of hydrogen-bond acceptors (Lipinski definition) is 1. The molecule has 0 radical (unpaired) electrons. The molecule has 238 valence electrons. The Bertz CT molecular complexity index is 3080. The zero-order chi connectivity index (χ0) is 33.5. The van der Waals surface area contributed by atoms with Gasteiger partial charge in [0.2, 0.25) is 0 Å². The molecular formula is C50H32O. The number of benzene rings is 9. The van der Waals surface area contributed by atoms with Gasteiger partial charge in [0.25, 0.3) is 0 Å². The molecular weight excluding hydrogens is 617 g/mol. The predicted octanol–water partition coefficient (Wildman–Crippen LogP) is 14.2. The third-order valence-corrected chi connectivity index (χ3v) is 11.1. The fourth-order valence-electron chi connectivity index (χ4n) is 8.69. The molecule has 1 heterocycles. The molecule has 0 bridgehead atoms. The van der Waals surface area contributed by atoms with E-state index in [2.05, 4.69) is 170 Å². The van der Waals surface area contributed by atoms with Crippen LogP contribution in [0.25, 0.3) is 104 Å². The highest BCUT2D eigenvalue weighted by atomic mass is 16.3. The monoisotopic (exact) mass is 648 g/mol. The van der Waals surface area contributed by atoms with E-state index in [1.54, 1.807) is 0 Å². The van der Waals surface area contributed by atoms with Gasteiger partial charge in [0, 0.05) is 16.3 Å². The molecule has 9 aromatic carbocycles. The highest BCUT2D eigenvalue weighted by molar-refractivity contribution is 6.23. The summed E-state index contributed by atoms with van der Waals surface area (Å²) >= 11 is 0. The van der Waals surface area contributed by atoms with Gasteiger partial charge in [-0.05, 0) is 125 Å². The zero-order valence-electron chi connectivity index (χ0n) is 28.0. The van der Waals surface area contributed by atoms with Crippen molar-refractivity contribution in [2.75, 3.05) is 0 Å². The first-order chi connectivity index (χ1) is 25.3. The number of rotatable bonds is 3. The summed E-state index contributed by atoms with van der Waals surface area (Å²) in [7, 11) is 0. The van der Waals surface area contributed by atoms with E-state index >= 15 is 0 Å². The van der Waals surface area contributed by atoms with E-state index in [0.717, 1.165) is 29.6 Å². The summed E-state index contributed by atoms with van der Waals surface area (Å²) < 4.78 is 6.53. The van der Waals surface area contributed by atoms with Gasteiger partial charge in [0.15, 0.2) is 0 Å². The van der Waals surface area contributed by atoms with E-state index in [1.807, 2.05) is 0 Å². The minimum absolute atomic E-state index is 0.994. The van der Waals surface area contributed by atoms with Crippen LogP contribution in [0.4, 0.5) is 0 Å². The van der Waals surface area contributed by atoms with Gasteiger partial charge in [-0.2, -0.15) is 0 Å². The van der Waals surface area contributed by atoms with Crippen LogP contribution in [0.1, 0.15) is 17.7 Å². The minimum Gasteiger partial charge on any atom is -0.456 e. The molecule has 1 heteroatoms. The molecule has 51 heavy (non-hydrogen) atoms. The second kappa shape index (κ2) is 11.0. The molecule has 0 atom stereocenters. The Morgan fingerprint density at radius 3 is 1.63 bits per heavy atom. The molecule has 0 amide bonds. The van der Waals surface area contributed by atoms with Crippen LogP contribution in [0.3, 0.4) is 0 Å². The molecule has 10 aromatic rings. The molecule has 1 aliphatic rings. The maximum absolute atomic E-state index is 6.53. The van der Waals surface area contributed by atoms with Gasteiger partial charge in [-0.15, -0.1) is 0 Å². The Hall–Kier alpha value is -6.44. The van der Waals surface area contributed by atoms with Crippen LogP contribution < -0.4 is 0 Å². The molecule has 0 spiro atoms. The number of fused-ring (bicyclic) bond motifs is 9. The predicted molar refractivity (Wildman–Crippen MR) is 217 cm³/mol. The van der Waals surface area contributed by atoms with E-state index in [4.69, 9.17) is 4.42 Å². The van der Waals surface area contributed by atoms with Gasteiger partial charge in [-0.25, -0.2) is 0 Å². The first-order valence-corrected chi connectivity index (χ1v) is 17.9. The number of furan rings is 1. The molecule has 1 aliphatic carbocycles. The van der Waals surface area contributed by atoms with Crippen LogP contribution in [0.5, 0.6) is 0 Å². The number of aryl methyl sites for hydroxylation is 1. The lowest BCUT2D eigenvalue weighted by Gasteiger charge is -2.19. The Balaban J connectivity index is 1.26. The Kier molecular flexibility index (Phi) is 6.15. The zero-order valence-corrected chi connectivity index (χ0v) is 28.0. The first-order valence-electron chi connectivity index (χ1n) is 17.9. The van der Waals surface area contributed by atoms with Crippen molar-refractivity contribution in [1.29, 1.82) is 0 Å². The Morgan fingerprint density at radius 2 is 0.941 bits per heavy atom. The molecule has 0 fully saturated rings. The highest BCUT2D eigenvalue weighted by Gasteiger charge is 2.21. The maximum Gasteiger partial charge on any atom is 0.142 e. The van der Waals surface area contributed by atoms with Crippen LogP contribution in [-0.2, 0) is 6.42 Å². The summed E-state index contributed by atoms with van der Waals surface area (Å²) in [6.07, 6.45) is 6.42. The molecule has 1 nitrogen and oxygen atoms in total. The maximum atomic E-state index is 6.53. The van der Waals surface area contributed by atoms with Gasteiger partial charge in [0.1, 0.15) is 11.3 Å². The normalized spacial score (nSPS) is 12.9. The average Bonchev–Trinajstić information content (AvgIpc) is 3.58. The Morgan fingerprint density at radius 1 is 0.392 bits per heavy atom. The van der Waals surface area contributed by atoms with Crippen molar-refractivity contribution in [3.63, 3.8) is 0 Å². The molecule has 0 saturated heterocycles. The summed E-state index contributed by atoms with van der Waals surface area (Å²) in [5.41, 5.74) is 9.78. The van der Waals surface area contributed by atoms with Gasteiger partial charge in [0.05, 0.1) is 0 Å². The summed E-state index contributed by atoms with van der Waals surface area (Å²) in [5.74, 6) is 1.00. The van der Waals surface area contributed by atoms with Crippen molar-refractivity contribution in [3.8, 4) is 33.4 Å². The van der Waals surface area contributed by atoms with Gasteiger partial charge >= 0.3 is 0 Å². The molecule has 0 unspecified atom stereocenters. The van der Waals surface area contributed by atoms with Crippen LogP contribution >= 0.6 is 0 Å². The van der Waals surface area contributed by atoms with Crippen LogP contribution in [0.2, 0.25) is 0 Å². The summed E-state index contributed by atoms with van der Waals surface area (Å²) in [5, 5.41) is 13.6. The quantitative estimate of drug-likeness (QED) is 0.174. The Labute approximate surface area is 295 Å². The summed E-state index contributed by atoms with van der Waals surface area (Å²) in [6, 6.07) is 58.5. The average molecular weight is 649 g/mol. The SMILES string of the molecule is C1=Cc2oc3c(cc(-c4ccc5c(-c6ccc7ccccc7c6)c6ccccc6c(-c6ccc7ccccc7c6)c5c4)c4ccccc43)c2CC1. The molecule has 0 N–H and O–H groups in total. The largest absolute Gasteiger partial charge is 0.456 e. The minimum atomic E-state index is 0.994. The topological polar surface area (TPSA) is 13.1 Å². The van der Waals surface area contributed by atoms with Crippen molar-refractivity contribution < 1.29 is 4.42 Å². The number of hydrogen-bond donors (Lipinski definition) is 0. The summed E-state index contributed by atoms with van der Waals surface area (Å²) in [4.78, 5) is 0. The lowest BCUT2D eigenvalue weighted by atomic mass is 9.83. The van der Waals surface area contributed by atoms with Crippen LogP contribution in [-0.4, -0.2) is 0 Å². The third-order valence-electron chi connectivity index (χ3n) is 11.1. The van der Waals surface area contributed by atoms with Gasteiger partial charge in [-0.3, -0.25) is 0 Å². The molecule has 0 aliphatic heterocycles. The van der Waals surface area contributed by atoms with Gasteiger partial charge < -0.3 is 4.42 Å². The third kappa shape index (κ3) is 4.35. The smallest absolute Gasteiger partial charge is 0.142 e. The van der Waals surface area contributed by atoms with Crippen LogP contribution in [0, 0.1) is 0 Å². The second-order valence-corrected chi connectivity index (χ2v) is 13.9. The lowest BCUT2D eigenvalue weighted by molar-refractivity contribution is 0.598. The van der Waals surface area contributed by atoms with Crippen molar-refractivity contribution in [2.24, 2.45) is 0 Å². The fraction of sp³-hybridized carbons (Fsp3) is 0.0400. The van der Waals surface area contributed by atoms with Crippen molar-refractivity contribution in [3.05, 3.63) is 175 Å². The molecule has 0 saturated carbocycles. The second-order valence-electron chi connectivity index (χ2n) is 13.9. The first kappa shape index (κ1) is 28.4. The van der Waals surface area contributed by atoms with Crippen molar-refractivity contribution >= 4 is 70.9 Å².